The van der Waals surface area contributed by atoms with Crippen LogP contribution in [0, 0.1) is 13.8 Å². The van der Waals surface area contributed by atoms with Crippen LogP contribution in [0.15, 0.2) is 54.7 Å². The van der Waals surface area contributed by atoms with Crippen LogP contribution in [0.3, 0.4) is 0 Å². The number of benzene rings is 1. The molecular formula is C21H24N6O2. The SMILES string of the molecule is Cc1nc(NCCNC(=O)COc2ccccc2C)cc(Nc2ccccn2)n1. The molecule has 0 fully saturated rings. The Morgan fingerprint density at radius 3 is 2.55 bits per heavy atom. The van der Waals surface area contributed by atoms with Crippen LogP contribution in [-0.2, 0) is 4.79 Å². The molecule has 0 atom stereocenters. The second-order valence-corrected chi connectivity index (χ2v) is 6.36. The fourth-order valence-corrected chi connectivity index (χ4v) is 2.60. The van der Waals surface area contributed by atoms with Crippen molar-refractivity contribution in [2.24, 2.45) is 0 Å². The lowest BCUT2D eigenvalue weighted by molar-refractivity contribution is -0.123. The van der Waals surface area contributed by atoms with Crippen molar-refractivity contribution in [3.8, 4) is 5.75 Å². The lowest BCUT2D eigenvalue weighted by Crippen LogP contribution is -2.32. The van der Waals surface area contributed by atoms with Gasteiger partial charge in [-0.05, 0) is 37.6 Å². The van der Waals surface area contributed by atoms with Crippen molar-refractivity contribution in [2.75, 3.05) is 30.3 Å². The minimum atomic E-state index is -0.175. The van der Waals surface area contributed by atoms with Crippen molar-refractivity contribution in [1.29, 1.82) is 0 Å². The van der Waals surface area contributed by atoms with E-state index in [1.165, 1.54) is 0 Å². The first-order valence-electron chi connectivity index (χ1n) is 9.33. The van der Waals surface area contributed by atoms with Gasteiger partial charge in [-0.1, -0.05) is 24.3 Å². The van der Waals surface area contributed by atoms with Crippen LogP contribution in [0.5, 0.6) is 5.75 Å². The molecule has 8 heteroatoms. The van der Waals surface area contributed by atoms with Crippen molar-refractivity contribution < 1.29 is 9.53 Å². The van der Waals surface area contributed by atoms with E-state index in [0.717, 1.165) is 5.56 Å². The molecule has 0 saturated carbocycles. The standard InChI is InChI=1S/C21H24N6O2/c1-15-7-3-4-8-17(15)29-14-21(28)24-12-11-23-19-13-20(26-16(2)25-19)27-18-9-5-6-10-22-18/h3-10,13H,11-12,14H2,1-2H3,(H,24,28)(H2,22,23,25,26,27). The third-order valence-corrected chi connectivity index (χ3v) is 3.96. The Kier molecular flexibility index (Phi) is 6.94. The molecule has 0 spiro atoms. The van der Waals surface area contributed by atoms with Crippen molar-refractivity contribution in [1.82, 2.24) is 20.3 Å². The number of ether oxygens (including phenoxy) is 1. The van der Waals surface area contributed by atoms with E-state index in [4.69, 9.17) is 4.74 Å². The number of nitrogens with one attached hydrogen (secondary N) is 3. The van der Waals surface area contributed by atoms with E-state index in [1.807, 2.05) is 56.3 Å². The fourth-order valence-electron chi connectivity index (χ4n) is 2.60. The quantitative estimate of drug-likeness (QED) is 0.481. The number of aryl methyl sites for hydroxylation is 2. The number of carbonyl (C=O) groups excluding carboxylic acids is 1. The Hall–Kier alpha value is -3.68. The zero-order valence-corrected chi connectivity index (χ0v) is 16.5. The summed E-state index contributed by atoms with van der Waals surface area (Å²) in [5.74, 6) is 3.19. The summed E-state index contributed by atoms with van der Waals surface area (Å²) in [6.07, 6.45) is 1.71. The van der Waals surface area contributed by atoms with Gasteiger partial charge >= 0.3 is 0 Å². The van der Waals surface area contributed by atoms with Crippen LogP contribution < -0.4 is 20.7 Å². The van der Waals surface area contributed by atoms with Gasteiger partial charge in [0.25, 0.3) is 5.91 Å². The van der Waals surface area contributed by atoms with Gasteiger partial charge in [0.15, 0.2) is 6.61 Å². The van der Waals surface area contributed by atoms with E-state index in [9.17, 15) is 4.79 Å². The molecule has 3 N–H and O–H groups in total. The van der Waals surface area contributed by atoms with Crippen LogP contribution in [-0.4, -0.2) is 40.6 Å². The number of amides is 1. The first-order chi connectivity index (χ1) is 14.1. The fraction of sp³-hybridized carbons (Fsp3) is 0.238. The molecule has 0 aliphatic heterocycles. The highest BCUT2D eigenvalue weighted by molar-refractivity contribution is 5.77. The van der Waals surface area contributed by atoms with Gasteiger partial charge in [-0.25, -0.2) is 15.0 Å². The molecule has 8 nitrogen and oxygen atoms in total. The lowest BCUT2D eigenvalue weighted by Gasteiger charge is -2.11. The summed E-state index contributed by atoms with van der Waals surface area (Å²) in [4.78, 5) is 24.9. The molecule has 29 heavy (non-hydrogen) atoms. The maximum atomic E-state index is 11.9. The molecule has 3 aromatic rings. The molecule has 3 rings (SSSR count). The average Bonchev–Trinajstić information content (AvgIpc) is 2.71. The van der Waals surface area contributed by atoms with E-state index in [-0.39, 0.29) is 12.5 Å². The highest BCUT2D eigenvalue weighted by atomic mass is 16.5. The van der Waals surface area contributed by atoms with Crippen molar-refractivity contribution in [3.63, 3.8) is 0 Å². The van der Waals surface area contributed by atoms with Crippen molar-refractivity contribution in [2.45, 2.75) is 13.8 Å². The third kappa shape index (κ3) is 6.46. The molecule has 0 unspecified atom stereocenters. The number of carbonyl (C=O) groups is 1. The van der Waals surface area contributed by atoms with Crippen LogP contribution in [0.1, 0.15) is 11.4 Å². The second kappa shape index (κ2) is 10.0. The van der Waals surface area contributed by atoms with E-state index < -0.39 is 0 Å². The Bertz CT molecular complexity index is 949. The van der Waals surface area contributed by atoms with E-state index in [2.05, 4.69) is 30.9 Å². The van der Waals surface area contributed by atoms with Crippen LogP contribution in [0.25, 0.3) is 0 Å². The van der Waals surface area contributed by atoms with Crippen molar-refractivity contribution in [3.05, 3.63) is 66.1 Å². The Morgan fingerprint density at radius 1 is 0.966 bits per heavy atom. The Balaban J connectivity index is 1.43. The minimum absolute atomic E-state index is 0.0182. The highest BCUT2D eigenvalue weighted by Crippen LogP contribution is 2.16. The third-order valence-electron chi connectivity index (χ3n) is 3.96. The van der Waals surface area contributed by atoms with Gasteiger partial charge in [-0.15, -0.1) is 0 Å². The van der Waals surface area contributed by atoms with Crippen LogP contribution in [0.4, 0.5) is 17.5 Å². The van der Waals surface area contributed by atoms with E-state index in [1.54, 1.807) is 12.3 Å². The number of para-hydroxylation sites is 1. The van der Waals surface area contributed by atoms with Gasteiger partial charge in [0.05, 0.1) is 0 Å². The number of anilines is 3. The lowest BCUT2D eigenvalue weighted by atomic mass is 10.2. The van der Waals surface area contributed by atoms with E-state index in [0.29, 0.717) is 42.1 Å². The molecule has 2 heterocycles. The number of hydrogen-bond donors (Lipinski definition) is 3. The summed E-state index contributed by atoms with van der Waals surface area (Å²) >= 11 is 0. The van der Waals surface area contributed by atoms with Crippen LogP contribution >= 0.6 is 0 Å². The zero-order valence-electron chi connectivity index (χ0n) is 16.5. The normalized spacial score (nSPS) is 10.3. The first kappa shape index (κ1) is 20.1. The summed E-state index contributed by atoms with van der Waals surface area (Å²) in [7, 11) is 0. The number of aromatic nitrogens is 3. The topological polar surface area (TPSA) is 101 Å². The summed E-state index contributed by atoms with van der Waals surface area (Å²) in [5.41, 5.74) is 0.996. The van der Waals surface area contributed by atoms with Gasteiger partial charge in [-0.3, -0.25) is 4.79 Å². The zero-order chi connectivity index (χ0) is 20.5. The van der Waals surface area contributed by atoms with Crippen LogP contribution in [0.2, 0.25) is 0 Å². The van der Waals surface area contributed by atoms with Crippen molar-refractivity contribution >= 4 is 23.4 Å². The summed E-state index contributed by atoms with van der Waals surface area (Å²) < 4.78 is 5.53. The summed E-state index contributed by atoms with van der Waals surface area (Å²) in [6.45, 7) is 4.71. The predicted octanol–water partition coefficient (Wildman–Crippen LogP) is 2.84. The summed E-state index contributed by atoms with van der Waals surface area (Å²) in [6, 6.07) is 15.0. The van der Waals surface area contributed by atoms with Gasteiger partial charge < -0.3 is 20.7 Å². The highest BCUT2D eigenvalue weighted by Gasteiger charge is 2.05. The molecule has 2 aromatic heterocycles. The minimum Gasteiger partial charge on any atom is -0.484 e. The molecule has 0 radical (unpaired) electrons. The monoisotopic (exact) mass is 392 g/mol. The van der Waals surface area contributed by atoms with Gasteiger partial charge in [0, 0.05) is 25.4 Å². The molecular weight excluding hydrogens is 368 g/mol. The average molecular weight is 392 g/mol. The maximum Gasteiger partial charge on any atom is 0.258 e. The Labute approximate surface area is 169 Å². The number of nitrogens with zero attached hydrogens (tertiary/aromatic N) is 3. The first-order valence-corrected chi connectivity index (χ1v) is 9.33. The molecule has 0 bridgehead atoms. The number of hydrogen-bond acceptors (Lipinski definition) is 7. The molecule has 150 valence electrons. The molecule has 0 saturated heterocycles. The van der Waals surface area contributed by atoms with Gasteiger partial charge in [0.2, 0.25) is 0 Å². The number of rotatable bonds is 9. The second-order valence-electron chi connectivity index (χ2n) is 6.36. The van der Waals surface area contributed by atoms with Gasteiger partial charge in [-0.2, -0.15) is 0 Å². The molecule has 1 aromatic carbocycles. The Morgan fingerprint density at radius 2 is 1.76 bits per heavy atom. The molecule has 0 aliphatic carbocycles. The molecule has 1 amide bonds. The van der Waals surface area contributed by atoms with Gasteiger partial charge in [0.1, 0.15) is 29.0 Å². The number of pyridine rings is 1. The smallest absolute Gasteiger partial charge is 0.258 e. The maximum absolute atomic E-state index is 11.9. The largest absolute Gasteiger partial charge is 0.484 e. The predicted molar refractivity (Wildman–Crippen MR) is 112 cm³/mol. The molecule has 0 aliphatic rings. The summed E-state index contributed by atoms with van der Waals surface area (Å²) in [5, 5.41) is 9.14. The van der Waals surface area contributed by atoms with E-state index >= 15 is 0 Å².